The first-order chi connectivity index (χ1) is 9.59. The van der Waals surface area contributed by atoms with Gasteiger partial charge in [-0.3, -0.25) is 0 Å². The fourth-order valence-electron chi connectivity index (χ4n) is 2.24. The average molecular weight is 295 g/mol. The highest BCUT2D eigenvalue weighted by atomic mass is 35.5. The summed E-state index contributed by atoms with van der Waals surface area (Å²) in [5, 5.41) is 20.1. The smallest absolute Gasteiger partial charge is 0.123 e. The molecule has 0 saturated heterocycles. The molecule has 0 spiro atoms. The van der Waals surface area contributed by atoms with Crippen molar-refractivity contribution in [2.45, 2.75) is 11.8 Å². The summed E-state index contributed by atoms with van der Waals surface area (Å²) in [6, 6.07) is 13.1. The van der Waals surface area contributed by atoms with Gasteiger partial charge in [-0.1, -0.05) is 35.9 Å². The van der Waals surface area contributed by atoms with Crippen molar-refractivity contribution < 1.29 is 14.6 Å². The summed E-state index contributed by atoms with van der Waals surface area (Å²) in [6.45, 7) is -0.449. The summed E-state index contributed by atoms with van der Waals surface area (Å²) in [5.41, 5.74) is 0.822. The molecule has 0 aromatic heterocycles. The lowest BCUT2D eigenvalue weighted by atomic mass is 9.77. The quantitative estimate of drug-likeness (QED) is 0.890. The molecule has 0 amide bonds. The van der Waals surface area contributed by atoms with E-state index in [0.717, 1.165) is 5.56 Å². The maximum Gasteiger partial charge on any atom is 0.123 e. The Kier molecular flexibility index (Phi) is 4.76. The highest BCUT2D eigenvalue weighted by Crippen LogP contribution is 2.28. The lowest BCUT2D eigenvalue weighted by molar-refractivity contribution is 0.116. The molecule has 2 N–H and O–H groups in total. The summed E-state index contributed by atoms with van der Waals surface area (Å²) in [5.74, 6) is -0.343. The molecule has 0 unspecified atom stereocenters. The van der Waals surface area contributed by atoms with Crippen molar-refractivity contribution in [3.63, 3.8) is 0 Å². The molecule has 2 aromatic carbocycles. The fourth-order valence-corrected chi connectivity index (χ4v) is 2.37. The largest absolute Gasteiger partial charge is 0.395 e. The van der Waals surface area contributed by atoms with Crippen LogP contribution in [0.15, 0.2) is 48.5 Å². The number of aliphatic hydroxyl groups excluding tert-OH is 2. The van der Waals surface area contributed by atoms with Crippen LogP contribution in [0.2, 0.25) is 5.02 Å². The van der Waals surface area contributed by atoms with Gasteiger partial charge in [0.2, 0.25) is 0 Å². The van der Waals surface area contributed by atoms with Crippen molar-refractivity contribution in [3.8, 4) is 0 Å². The van der Waals surface area contributed by atoms with Gasteiger partial charge in [0, 0.05) is 10.4 Å². The third-order valence-corrected chi connectivity index (χ3v) is 3.77. The Hall–Kier alpha value is -1.42. The third kappa shape index (κ3) is 3.18. The van der Waals surface area contributed by atoms with E-state index in [2.05, 4.69) is 0 Å². The first kappa shape index (κ1) is 15.0. The van der Waals surface area contributed by atoms with Gasteiger partial charge >= 0.3 is 0 Å². The Bertz CT molecular complexity index is 548. The molecule has 2 aromatic rings. The molecule has 106 valence electrons. The molecule has 4 heteroatoms. The minimum atomic E-state index is -0.832. The van der Waals surface area contributed by atoms with Crippen LogP contribution in [0.1, 0.15) is 11.1 Å². The zero-order valence-electron chi connectivity index (χ0n) is 10.9. The van der Waals surface area contributed by atoms with Gasteiger partial charge in [-0.25, -0.2) is 4.39 Å². The molecule has 0 aliphatic rings. The number of aliphatic hydroxyl groups is 2. The van der Waals surface area contributed by atoms with Crippen LogP contribution < -0.4 is 0 Å². The van der Waals surface area contributed by atoms with E-state index in [1.165, 1.54) is 12.1 Å². The molecule has 2 rings (SSSR count). The van der Waals surface area contributed by atoms with E-state index in [9.17, 15) is 14.6 Å². The molecule has 0 saturated carbocycles. The standard InChI is InChI=1S/C16H16ClFO2/c17-14-5-1-12(2-6-14)9-16(10-19,11-20)13-3-7-15(18)8-4-13/h1-8,19-20H,9-11H2. The molecule has 0 aliphatic heterocycles. The SMILES string of the molecule is OCC(CO)(Cc1ccc(Cl)cc1)c1ccc(F)cc1. The highest BCUT2D eigenvalue weighted by Gasteiger charge is 2.31. The van der Waals surface area contributed by atoms with E-state index in [1.807, 2.05) is 12.1 Å². The molecule has 0 radical (unpaired) electrons. The Morgan fingerprint density at radius 1 is 0.900 bits per heavy atom. The molecule has 0 fully saturated rings. The number of benzene rings is 2. The summed E-state index contributed by atoms with van der Waals surface area (Å²) in [7, 11) is 0. The molecule has 20 heavy (non-hydrogen) atoms. The zero-order valence-corrected chi connectivity index (χ0v) is 11.6. The number of rotatable bonds is 5. The van der Waals surface area contributed by atoms with Crippen LogP contribution in [0.5, 0.6) is 0 Å². The van der Waals surface area contributed by atoms with Gasteiger partial charge in [0.05, 0.1) is 13.2 Å². The van der Waals surface area contributed by atoms with Crippen molar-refractivity contribution in [1.29, 1.82) is 0 Å². The summed E-state index contributed by atoms with van der Waals surface area (Å²) >= 11 is 5.84. The van der Waals surface area contributed by atoms with Crippen LogP contribution in [-0.4, -0.2) is 23.4 Å². The van der Waals surface area contributed by atoms with Crippen LogP contribution in [0, 0.1) is 5.82 Å². The van der Waals surface area contributed by atoms with E-state index in [0.29, 0.717) is 17.0 Å². The second-order valence-electron chi connectivity index (χ2n) is 4.91. The van der Waals surface area contributed by atoms with E-state index >= 15 is 0 Å². The van der Waals surface area contributed by atoms with Gasteiger partial charge in [-0.15, -0.1) is 0 Å². The van der Waals surface area contributed by atoms with Crippen LogP contribution in [0.25, 0.3) is 0 Å². The lowest BCUT2D eigenvalue weighted by Gasteiger charge is -2.30. The number of halogens is 2. The van der Waals surface area contributed by atoms with Gasteiger partial charge in [0.1, 0.15) is 5.82 Å². The maximum absolute atomic E-state index is 13.0. The fraction of sp³-hybridized carbons (Fsp3) is 0.250. The second-order valence-corrected chi connectivity index (χ2v) is 5.34. The van der Waals surface area contributed by atoms with Crippen LogP contribution in [0.3, 0.4) is 0 Å². The minimum absolute atomic E-state index is 0.224. The van der Waals surface area contributed by atoms with Crippen molar-refractivity contribution in [3.05, 3.63) is 70.5 Å². The van der Waals surface area contributed by atoms with Crippen molar-refractivity contribution >= 4 is 11.6 Å². The summed E-state index contributed by atoms with van der Waals surface area (Å²) in [4.78, 5) is 0. The lowest BCUT2D eigenvalue weighted by Crippen LogP contribution is -2.37. The average Bonchev–Trinajstić information content (AvgIpc) is 2.48. The topological polar surface area (TPSA) is 40.5 Å². The molecule has 0 atom stereocenters. The van der Waals surface area contributed by atoms with Crippen LogP contribution in [-0.2, 0) is 11.8 Å². The third-order valence-electron chi connectivity index (χ3n) is 3.52. The Balaban J connectivity index is 2.33. The Labute approximate surface area is 122 Å². The number of hydrogen-bond acceptors (Lipinski definition) is 2. The van der Waals surface area contributed by atoms with Crippen molar-refractivity contribution in [2.75, 3.05) is 13.2 Å². The van der Waals surface area contributed by atoms with E-state index < -0.39 is 5.41 Å². The van der Waals surface area contributed by atoms with E-state index in [1.54, 1.807) is 24.3 Å². The maximum atomic E-state index is 13.0. The predicted molar refractivity (Wildman–Crippen MR) is 77.4 cm³/mol. The van der Waals surface area contributed by atoms with Gasteiger partial charge in [0.25, 0.3) is 0 Å². The molecule has 0 bridgehead atoms. The second kappa shape index (κ2) is 6.35. The van der Waals surface area contributed by atoms with E-state index in [-0.39, 0.29) is 19.0 Å². The predicted octanol–water partition coefficient (Wildman–Crippen LogP) is 2.94. The Morgan fingerprint density at radius 3 is 1.95 bits per heavy atom. The van der Waals surface area contributed by atoms with Gasteiger partial charge < -0.3 is 10.2 Å². The normalized spacial score (nSPS) is 11.6. The van der Waals surface area contributed by atoms with Crippen LogP contribution in [0.4, 0.5) is 4.39 Å². The van der Waals surface area contributed by atoms with Crippen molar-refractivity contribution in [1.82, 2.24) is 0 Å². The molecular formula is C16H16ClFO2. The van der Waals surface area contributed by atoms with E-state index in [4.69, 9.17) is 11.6 Å². The van der Waals surface area contributed by atoms with Crippen molar-refractivity contribution in [2.24, 2.45) is 0 Å². The molecule has 0 aliphatic carbocycles. The molecular weight excluding hydrogens is 279 g/mol. The Morgan fingerprint density at radius 2 is 1.45 bits per heavy atom. The first-order valence-electron chi connectivity index (χ1n) is 6.32. The monoisotopic (exact) mass is 294 g/mol. The summed E-state index contributed by atoms with van der Waals surface area (Å²) in [6.07, 6.45) is 0.447. The van der Waals surface area contributed by atoms with Gasteiger partial charge in [0.15, 0.2) is 0 Å². The highest BCUT2D eigenvalue weighted by molar-refractivity contribution is 6.30. The number of hydrogen-bond donors (Lipinski definition) is 2. The van der Waals surface area contributed by atoms with Crippen LogP contribution >= 0.6 is 11.6 Å². The minimum Gasteiger partial charge on any atom is -0.395 e. The summed E-state index contributed by atoms with van der Waals surface area (Å²) < 4.78 is 13.0. The van der Waals surface area contributed by atoms with Gasteiger partial charge in [-0.2, -0.15) is 0 Å². The molecule has 0 heterocycles. The first-order valence-corrected chi connectivity index (χ1v) is 6.70. The molecule has 2 nitrogen and oxygen atoms in total. The zero-order chi connectivity index (χ0) is 14.6. The van der Waals surface area contributed by atoms with Gasteiger partial charge in [-0.05, 0) is 41.8 Å².